The van der Waals surface area contributed by atoms with E-state index in [4.69, 9.17) is 5.73 Å². The quantitative estimate of drug-likeness (QED) is 0.104. The zero-order valence-corrected chi connectivity index (χ0v) is 22.4. The predicted octanol–water partition coefficient (Wildman–Crippen LogP) is -5.39. The van der Waals surface area contributed by atoms with E-state index in [1.54, 1.807) is 0 Å². The number of hydrogen-bond donors (Lipinski definition) is 6. The summed E-state index contributed by atoms with van der Waals surface area (Å²) in [5, 5.41) is 43.4. The van der Waals surface area contributed by atoms with Crippen LogP contribution in [-0.2, 0) is 24.0 Å². The number of carbonyl (C=O) groups is 6. The van der Waals surface area contributed by atoms with Gasteiger partial charge >= 0.3 is 0 Å². The van der Waals surface area contributed by atoms with Gasteiger partial charge in [0.05, 0.1) is 30.1 Å². The minimum atomic E-state index is -1.73. The predicted molar refractivity (Wildman–Crippen MR) is 142 cm³/mol. The maximum absolute atomic E-state index is 12.7. The summed E-state index contributed by atoms with van der Waals surface area (Å²) < 4.78 is 0. The highest BCUT2D eigenvalue weighted by molar-refractivity contribution is 5.97. The highest BCUT2D eigenvalue weighted by Gasteiger charge is 2.24. The Labute approximate surface area is 242 Å². The molecule has 18 heteroatoms. The van der Waals surface area contributed by atoms with Gasteiger partial charge in [0.15, 0.2) is 5.82 Å². The average molecular weight is 600 g/mol. The molecule has 1 aromatic heterocycles. The molecule has 1 aliphatic heterocycles. The van der Waals surface area contributed by atoms with Crippen molar-refractivity contribution in [2.75, 3.05) is 34.4 Å². The van der Waals surface area contributed by atoms with Crippen LogP contribution in [0.15, 0.2) is 29.1 Å². The van der Waals surface area contributed by atoms with E-state index in [0.29, 0.717) is 18.6 Å². The molecule has 18 nitrogen and oxygen atoms in total. The Morgan fingerprint density at radius 2 is 1.65 bits per heavy atom. The molecule has 2 heterocycles. The van der Waals surface area contributed by atoms with Gasteiger partial charge < -0.3 is 61.6 Å². The number of nitrogens with two attached hydrogens (primary N) is 1. The number of nitrogen functional groups attached to an aromatic ring is 1. The SMILES string of the molecule is Nc1nc2c(c(=O)[nH]1)N[C@@H](CN(C=O)c1ccc(C(=O)N[C@@H](CCC(=O)N[C@@H](CCC(=O)[O-])C(=O)[O-])C(=O)[O-])cc1)CN2. The van der Waals surface area contributed by atoms with Gasteiger partial charge in [-0.2, -0.15) is 4.98 Å². The number of carboxylic acid groups (broad SMARTS) is 3. The molecule has 3 atom stereocenters. The Kier molecular flexibility index (Phi) is 10.6. The van der Waals surface area contributed by atoms with Gasteiger partial charge in [-0.25, -0.2) is 0 Å². The first-order valence-electron chi connectivity index (χ1n) is 12.8. The molecule has 0 bridgehead atoms. The van der Waals surface area contributed by atoms with Gasteiger partial charge in [-0.3, -0.25) is 24.2 Å². The van der Waals surface area contributed by atoms with E-state index >= 15 is 0 Å². The summed E-state index contributed by atoms with van der Waals surface area (Å²) in [4.78, 5) is 89.6. The van der Waals surface area contributed by atoms with Crippen LogP contribution in [0.25, 0.3) is 0 Å². The second-order valence-corrected chi connectivity index (χ2v) is 9.44. The molecule has 0 saturated heterocycles. The average Bonchev–Trinajstić information content (AvgIpc) is 2.95. The lowest BCUT2D eigenvalue weighted by Crippen LogP contribution is -2.50. The topological polar surface area (TPSA) is 295 Å². The minimum Gasteiger partial charge on any atom is -0.550 e. The minimum absolute atomic E-state index is 0.0196. The van der Waals surface area contributed by atoms with Crippen molar-refractivity contribution in [3.8, 4) is 0 Å². The van der Waals surface area contributed by atoms with E-state index in [1.165, 1.54) is 29.2 Å². The molecule has 0 radical (unpaired) electrons. The summed E-state index contributed by atoms with van der Waals surface area (Å²) in [6, 6.07) is 1.89. The molecule has 0 aliphatic carbocycles. The summed E-state index contributed by atoms with van der Waals surface area (Å²) in [7, 11) is 0. The lowest BCUT2D eigenvalue weighted by molar-refractivity contribution is -0.311. The molecule has 0 saturated carbocycles. The van der Waals surface area contributed by atoms with Gasteiger partial charge in [0.1, 0.15) is 5.69 Å². The van der Waals surface area contributed by atoms with Gasteiger partial charge in [0.25, 0.3) is 11.5 Å². The van der Waals surface area contributed by atoms with E-state index in [9.17, 15) is 48.9 Å². The molecule has 3 amide bonds. The third-order valence-electron chi connectivity index (χ3n) is 6.31. The summed E-state index contributed by atoms with van der Waals surface area (Å²) in [5.41, 5.74) is 5.62. The van der Waals surface area contributed by atoms with Gasteiger partial charge in [-0.05, 0) is 43.5 Å². The van der Waals surface area contributed by atoms with Crippen LogP contribution in [0.1, 0.15) is 36.0 Å². The van der Waals surface area contributed by atoms with Gasteiger partial charge in [-0.1, -0.05) is 0 Å². The first-order valence-corrected chi connectivity index (χ1v) is 12.8. The second-order valence-electron chi connectivity index (χ2n) is 9.44. The molecular weight excluding hydrogens is 572 g/mol. The lowest BCUT2D eigenvalue weighted by atomic mass is 10.1. The Bertz CT molecular complexity index is 1440. The first kappa shape index (κ1) is 31.8. The fourth-order valence-corrected chi connectivity index (χ4v) is 4.13. The van der Waals surface area contributed by atoms with E-state index in [0.717, 1.165) is 0 Å². The second kappa shape index (κ2) is 14.3. The Balaban J connectivity index is 1.57. The van der Waals surface area contributed by atoms with Crippen LogP contribution in [0.5, 0.6) is 0 Å². The van der Waals surface area contributed by atoms with Gasteiger partial charge in [-0.15, -0.1) is 0 Å². The van der Waals surface area contributed by atoms with Crippen molar-refractivity contribution >= 4 is 59.3 Å². The van der Waals surface area contributed by atoms with Crippen molar-refractivity contribution in [1.82, 2.24) is 20.6 Å². The van der Waals surface area contributed by atoms with Crippen molar-refractivity contribution in [1.29, 1.82) is 0 Å². The van der Waals surface area contributed by atoms with Crippen molar-refractivity contribution in [2.45, 2.75) is 43.8 Å². The zero-order valence-electron chi connectivity index (χ0n) is 22.4. The molecule has 0 unspecified atom stereocenters. The van der Waals surface area contributed by atoms with Crippen LogP contribution in [0.3, 0.4) is 0 Å². The Morgan fingerprint density at radius 1 is 1.02 bits per heavy atom. The fraction of sp³-hybridized carbons (Fsp3) is 0.360. The van der Waals surface area contributed by atoms with Crippen LogP contribution in [0.4, 0.5) is 23.1 Å². The number of hydrogen-bond acceptors (Lipinski definition) is 14. The fourth-order valence-electron chi connectivity index (χ4n) is 4.13. The monoisotopic (exact) mass is 599 g/mol. The molecule has 230 valence electrons. The standard InChI is InChI=1S/C25H30N8O10/c26-25-31-20-19(22(39)32-25)28-13(9-27-20)10-33(11-34)14-3-1-12(2-4-14)21(38)30-16(24(42)43)5-7-17(35)29-15(23(40)41)6-8-18(36)37/h1-4,11,13,15-16,28H,5-10H2,(H,29,35)(H,30,38)(H,36,37)(H,40,41)(H,42,43)(H4,26,27,31,32,39)/p-3/t13-,15+,16+/m1/s1. The van der Waals surface area contributed by atoms with Gasteiger partial charge in [0.2, 0.25) is 18.3 Å². The van der Waals surface area contributed by atoms with E-state index < -0.39 is 79.1 Å². The number of carbonyl (C=O) groups excluding carboxylic acids is 6. The van der Waals surface area contributed by atoms with Crippen LogP contribution in [0.2, 0.25) is 0 Å². The summed E-state index contributed by atoms with van der Waals surface area (Å²) in [6.45, 7) is 0.427. The van der Waals surface area contributed by atoms with E-state index in [2.05, 4.69) is 25.9 Å². The highest BCUT2D eigenvalue weighted by atomic mass is 16.4. The van der Waals surface area contributed by atoms with Gasteiger partial charge in [0, 0.05) is 36.7 Å². The largest absolute Gasteiger partial charge is 0.550 e. The first-order chi connectivity index (χ1) is 20.4. The number of rotatable bonds is 15. The number of nitrogens with zero attached hydrogens (tertiary/aromatic N) is 2. The van der Waals surface area contributed by atoms with Crippen molar-refractivity contribution in [3.05, 3.63) is 40.2 Å². The summed E-state index contributed by atoms with van der Waals surface area (Å²) in [6.07, 6.45) is -1.60. The Hall–Kier alpha value is -5.68. The van der Waals surface area contributed by atoms with Crippen molar-refractivity contribution in [3.63, 3.8) is 0 Å². The lowest BCUT2D eigenvalue weighted by Gasteiger charge is -2.30. The smallest absolute Gasteiger partial charge is 0.277 e. The number of anilines is 4. The number of aromatic nitrogens is 2. The van der Waals surface area contributed by atoms with Crippen LogP contribution in [-0.4, -0.2) is 77.3 Å². The van der Waals surface area contributed by atoms with Crippen molar-refractivity contribution < 1.29 is 44.1 Å². The number of benzene rings is 1. The number of fused-ring (bicyclic) bond motifs is 1. The molecule has 0 fully saturated rings. The van der Waals surface area contributed by atoms with Crippen LogP contribution >= 0.6 is 0 Å². The molecule has 2 aromatic rings. The molecule has 1 aromatic carbocycles. The number of amides is 3. The van der Waals surface area contributed by atoms with E-state index in [1.807, 2.05) is 5.32 Å². The summed E-state index contributed by atoms with van der Waals surface area (Å²) >= 11 is 0. The highest BCUT2D eigenvalue weighted by Crippen LogP contribution is 2.22. The maximum atomic E-state index is 12.7. The zero-order chi connectivity index (χ0) is 31.7. The number of H-pyrrole nitrogens is 1. The molecule has 0 spiro atoms. The van der Waals surface area contributed by atoms with Crippen molar-refractivity contribution in [2.24, 2.45) is 0 Å². The normalized spacial score (nSPS) is 14.9. The molecule has 43 heavy (non-hydrogen) atoms. The molecule has 7 N–H and O–H groups in total. The number of aliphatic carboxylic acids is 3. The third kappa shape index (κ3) is 8.90. The number of nitrogens with one attached hydrogen (secondary N) is 5. The number of carboxylic acids is 3. The Morgan fingerprint density at radius 3 is 2.26 bits per heavy atom. The van der Waals surface area contributed by atoms with Crippen LogP contribution < -0.4 is 52.8 Å². The van der Waals surface area contributed by atoms with Crippen LogP contribution in [0, 0.1) is 0 Å². The van der Waals surface area contributed by atoms with E-state index in [-0.39, 0.29) is 29.6 Å². The third-order valence-corrected chi connectivity index (χ3v) is 6.31. The maximum Gasteiger partial charge on any atom is 0.277 e. The molecular formula is C25H27N8O10-3. The molecule has 3 rings (SSSR count). The number of aromatic amines is 1. The summed E-state index contributed by atoms with van der Waals surface area (Å²) in [5.74, 6) is -6.49. The molecule has 1 aliphatic rings.